The van der Waals surface area contributed by atoms with E-state index in [-0.39, 0.29) is 12.0 Å². The van der Waals surface area contributed by atoms with Crippen LogP contribution in [0.3, 0.4) is 0 Å². The molecule has 1 fully saturated rings. The molecule has 23 heavy (non-hydrogen) atoms. The Labute approximate surface area is 141 Å². The molecule has 0 saturated carbocycles. The zero-order valence-corrected chi connectivity index (χ0v) is 14.1. The fraction of sp³-hybridized carbons (Fsp3) is 0.500. The van der Waals surface area contributed by atoms with Crippen LogP contribution in [-0.4, -0.2) is 49.1 Å². The van der Waals surface area contributed by atoms with Gasteiger partial charge >= 0.3 is 6.03 Å². The summed E-state index contributed by atoms with van der Waals surface area (Å²) in [5.74, 6) is -0.323. The third-order valence-corrected chi connectivity index (χ3v) is 4.20. The van der Waals surface area contributed by atoms with Crippen molar-refractivity contribution >= 4 is 23.5 Å². The van der Waals surface area contributed by atoms with E-state index in [0.29, 0.717) is 31.3 Å². The second-order valence-corrected chi connectivity index (χ2v) is 5.81. The third kappa shape index (κ3) is 4.67. The molecule has 126 valence electrons. The Hall–Kier alpha value is -1.63. The van der Waals surface area contributed by atoms with Crippen LogP contribution in [0, 0.1) is 0 Å². The number of nitrogens with one attached hydrogen (secondary N) is 2. The lowest BCUT2D eigenvalue weighted by Crippen LogP contribution is -2.52. The van der Waals surface area contributed by atoms with Gasteiger partial charge in [0, 0.05) is 30.2 Å². The van der Waals surface area contributed by atoms with Gasteiger partial charge in [0.05, 0.1) is 18.8 Å². The standard InChI is InChI=1S/C16H22ClN3O3/c1-3-18-16(22)19-15(21)11(2)20-8-9-23-14(10-20)12-6-4-5-7-13(12)17/h4-7,11,14H,3,8-10H2,1-2H3,(H2,18,19,21,22)/t11-,14+/m1/s1. The van der Waals surface area contributed by atoms with Crippen LogP contribution in [0.5, 0.6) is 0 Å². The summed E-state index contributed by atoms with van der Waals surface area (Å²) in [7, 11) is 0. The van der Waals surface area contributed by atoms with Crippen LogP contribution in [0.1, 0.15) is 25.5 Å². The highest BCUT2D eigenvalue weighted by Gasteiger charge is 2.30. The number of ether oxygens (including phenoxy) is 1. The van der Waals surface area contributed by atoms with Gasteiger partial charge in [-0.2, -0.15) is 0 Å². The largest absolute Gasteiger partial charge is 0.371 e. The van der Waals surface area contributed by atoms with Gasteiger partial charge in [0.15, 0.2) is 0 Å². The SMILES string of the molecule is CCNC(=O)NC(=O)[C@@H](C)N1CCO[C@H](c2ccccc2Cl)C1. The number of carbonyl (C=O) groups is 2. The molecule has 0 bridgehead atoms. The quantitative estimate of drug-likeness (QED) is 0.879. The van der Waals surface area contributed by atoms with Crippen molar-refractivity contribution in [3.05, 3.63) is 34.9 Å². The van der Waals surface area contributed by atoms with E-state index in [2.05, 4.69) is 10.6 Å². The van der Waals surface area contributed by atoms with E-state index >= 15 is 0 Å². The molecule has 2 rings (SSSR count). The molecule has 2 atom stereocenters. The van der Waals surface area contributed by atoms with E-state index in [4.69, 9.17) is 16.3 Å². The molecule has 0 unspecified atom stereocenters. The van der Waals surface area contributed by atoms with Crippen molar-refractivity contribution < 1.29 is 14.3 Å². The summed E-state index contributed by atoms with van der Waals surface area (Å²) < 4.78 is 5.79. The van der Waals surface area contributed by atoms with Crippen LogP contribution in [0.15, 0.2) is 24.3 Å². The van der Waals surface area contributed by atoms with Crippen molar-refractivity contribution in [3.8, 4) is 0 Å². The van der Waals surface area contributed by atoms with E-state index < -0.39 is 12.1 Å². The van der Waals surface area contributed by atoms with Crippen molar-refractivity contribution in [3.63, 3.8) is 0 Å². The van der Waals surface area contributed by atoms with E-state index in [9.17, 15) is 9.59 Å². The minimum Gasteiger partial charge on any atom is -0.371 e. The highest BCUT2D eigenvalue weighted by Crippen LogP contribution is 2.28. The molecule has 6 nitrogen and oxygen atoms in total. The first kappa shape index (κ1) is 17.7. The molecule has 2 N–H and O–H groups in total. The Morgan fingerprint density at radius 1 is 1.43 bits per heavy atom. The highest BCUT2D eigenvalue weighted by molar-refractivity contribution is 6.31. The number of carbonyl (C=O) groups excluding carboxylic acids is 2. The average Bonchev–Trinajstić information content (AvgIpc) is 2.55. The molecular weight excluding hydrogens is 318 g/mol. The first-order valence-electron chi connectivity index (χ1n) is 7.71. The fourth-order valence-electron chi connectivity index (χ4n) is 2.53. The molecular formula is C16H22ClN3O3. The van der Waals surface area contributed by atoms with Crippen molar-refractivity contribution in [1.29, 1.82) is 0 Å². The number of hydrogen-bond acceptors (Lipinski definition) is 4. The lowest BCUT2D eigenvalue weighted by Gasteiger charge is -2.36. The maximum atomic E-state index is 12.2. The molecule has 0 aliphatic carbocycles. The first-order valence-corrected chi connectivity index (χ1v) is 8.09. The van der Waals surface area contributed by atoms with Crippen LogP contribution in [0.2, 0.25) is 5.02 Å². The van der Waals surface area contributed by atoms with Crippen molar-refractivity contribution in [2.24, 2.45) is 0 Å². The summed E-state index contributed by atoms with van der Waals surface area (Å²) in [4.78, 5) is 25.6. The summed E-state index contributed by atoms with van der Waals surface area (Å²) in [5.41, 5.74) is 0.912. The number of urea groups is 1. The van der Waals surface area contributed by atoms with E-state index in [1.54, 1.807) is 13.8 Å². The summed E-state index contributed by atoms with van der Waals surface area (Å²) >= 11 is 6.22. The van der Waals surface area contributed by atoms with Gasteiger partial charge in [-0.3, -0.25) is 15.0 Å². The molecule has 1 aliphatic heterocycles. The molecule has 1 aromatic carbocycles. The van der Waals surface area contributed by atoms with Gasteiger partial charge in [0.1, 0.15) is 0 Å². The van der Waals surface area contributed by atoms with Crippen molar-refractivity contribution in [2.75, 3.05) is 26.2 Å². The second kappa shape index (κ2) is 8.29. The monoisotopic (exact) mass is 339 g/mol. The Morgan fingerprint density at radius 3 is 2.87 bits per heavy atom. The molecule has 1 saturated heterocycles. The number of hydrogen-bond donors (Lipinski definition) is 2. The van der Waals surface area contributed by atoms with E-state index in [1.165, 1.54) is 0 Å². The Morgan fingerprint density at radius 2 is 2.17 bits per heavy atom. The predicted molar refractivity (Wildman–Crippen MR) is 88.4 cm³/mol. The third-order valence-electron chi connectivity index (χ3n) is 3.85. The van der Waals surface area contributed by atoms with Gasteiger partial charge in [-0.1, -0.05) is 29.8 Å². The normalized spacial score (nSPS) is 19.9. The van der Waals surface area contributed by atoms with Gasteiger partial charge in [-0.15, -0.1) is 0 Å². The second-order valence-electron chi connectivity index (χ2n) is 5.40. The maximum Gasteiger partial charge on any atom is 0.321 e. The van der Waals surface area contributed by atoms with Crippen LogP contribution in [0.4, 0.5) is 4.79 Å². The summed E-state index contributed by atoms with van der Waals surface area (Å²) in [6.45, 7) is 5.74. The van der Waals surface area contributed by atoms with Gasteiger partial charge in [-0.25, -0.2) is 4.79 Å². The predicted octanol–water partition coefficient (Wildman–Crippen LogP) is 1.95. The topological polar surface area (TPSA) is 70.7 Å². The molecule has 3 amide bonds. The lowest BCUT2D eigenvalue weighted by atomic mass is 10.1. The molecule has 0 radical (unpaired) electrons. The fourth-order valence-corrected chi connectivity index (χ4v) is 2.79. The van der Waals surface area contributed by atoms with Crippen LogP contribution >= 0.6 is 11.6 Å². The number of halogens is 1. The molecule has 1 aliphatic rings. The van der Waals surface area contributed by atoms with Crippen LogP contribution < -0.4 is 10.6 Å². The lowest BCUT2D eigenvalue weighted by molar-refractivity contribution is -0.128. The average molecular weight is 340 g/mol. The smallest absolute Gasteiger partial charge is 0.321 e. The maximum absolute atomic E-state index is 12.2. The number of rotatable bonds is 4. The number of morpholine rings is 1. The molecule has 0 spiro atoms. The minimum atomic E-state index is -0.472. The number of benzene rings is 1. The number of nitrogens with zero attached hydrogens (tertiary/aromatic N) is 1. The van der Waals surface area contributed by atoms with Gasteiger partial charge in [0.25, 0.3) is 0 Å². The van der Waals surface area contributed by atoms with E-state index in [1.807, 2.05) is 29.2 Å². The molecule has 1 aromatic rings. The molecule has 0 aromatic heterocycles. The number of amides is 3. The van der Waals surface area contributed by atoms with Crippen LogP contribution in [-0.2, 0) is 9.53 Å². The molecule has 1 heterocycles. The zero-order valence-electron chi connectivity index (χ0n) is 13.3. The van der Waals surface area contributed by atoms with E-state index in [0.717, 1.165) is 5.56 Å². The van der Waals surface area contributed by atoms with Gasteiger partial charge in [-0.05, 0) is 19.9 Å². The summed E-state index contributed by atoms with van der Waals surface area (Å²) in [6, 6.07) is 6.64. The van der Waals surface area contributed by atoms with Gasteiger partial charge in [0.2, 0.25) is 5.91 Å². The summed E-state index contributed by atoms with van der Waals surface area (Å²) in [5, 5.41) is 5.54. The highest BCUT2D eigenvalue weighted by atomic mass is 35.5. The Balaban J connectivity index is 1.99. The zero-order chi connectivity index (χ0) is 16.8. The van der Waals surface area contributed by atoms with Gasteiger partial charge < -0.3 is 10.1 Å². The van der Waals surface area contributed by atoms with Crippen molar-refractivity contribution in [1.82, 2.24) is 15.5 Å². The number of imide groups is 1. The summed E-state index contributed by atoms with van der Waals surface area (Å²) in [6.07, 6.45) is -0.183. The minimum absolute atomic E-state index is 0.183. The Bertz CT molecular complexity index is 567. The van der Waals surface area contributed by atoms with Crippen LogP contribution in [0.25, 0.3) is 0 Å². The Kier molecular flexibility index (Phi) is 6.38. The first-order chi connectivity index (χ1) is 11.0. The van der Waals surface area contributed by atoms with Crippen molar-refractivity contribution in [2.45, 2.75) is 26.0 Å². The molecule has 7 heteroatoms.